The monoisotopic (exact) mass is 290 g/mol. The Hall–Kier alpha value is -0.620. The van der Waals surface area contributed by atoms with E-state index in [0.717, 1.165) is 19.4 Å². The SMILES string of the molecule is C=CCNC(=S)N(CCCC)C1CCS(=O)(=O)C1. The van der Waals surface area contributed by atoms with E-state index >= 15 is 0 Å². The van der Waals surface area contributed by atoms with Crippen LogP contribution in [0.15, 0.2) is 12.7 Å². The van der Waals surface area contributed by atoms with Crippen LogP contribution in [-0.2, 0) is 9.84 Å². The van der Waals surface area contributed by atoms with Crippen molar-refractivity contribution in [3.05, 3.63) is 12.7 Å². The molecular formula is C12H22N2O2S2. The predicted octanol–water partition coefficient (Wildman–Crippen LogP) is 1.34. The topological polar surface area (TPSA) is 49.4 Å². The third-order valence-corrected chi connectivity index (χ3v) is 5.19. The van der Waals surface area contributed by atoms with Gasteiger partial charge in [0.1, 0.15) is 0 Å². The van der Waals surface area contributed by atoms with Crippen molar-refractivity contribution in [2.24, 2.45) is 0 Å². The van der Waals surface area contributed by atoms with Crippen LogP contribution in [-0.4, -0.2) is 49.1 Å². The summed E-state index contributed by atoms with van der Waals surface area (Å²) in [6.07, 6.45) is 4.52. The van der Waals surface area contributed by atoms with E-state index in [2.05, 4.69) is 18.8 Å². The standard InChI is InChI=1S/C12H22N2O2S2/c1-3-5-8-14(12(17)13-7-4-2)11-6-9-18(15,16)10-11/h4,11H,2-3,5-10H2,1H3,(H,13,17). The van der Waals surface area contributed by atoms with Crippen molar-refractivity contribution in [2.45, 2.75) is 32.2 Å². The van der Waals surface area contributed by atoms with Crippen LogP contribution in [0.1, 0.15) is 26.2 Å². The molecule has 4 nitrogen and oxygen atoms in total. The number of sulfone groups is 1. The molecule has 6 heteroatoms. The minimum Gasteiger partial charge on any atom is -0.359 e. The summed E-state index contributed by atoms with van der Waals surface area (Å²) < 4.78 is 23.1. The third-order valence-electron chi connectivity index (χ3n) is 3.06. The van der Waals surface area contributed by atoms with Crippen LogP contribution in [0.3, 0.4) is 0 Å². The molecule has 0 aliphatic carbocycles. The Morgan fingerprint density at radius 1 is 1.61 bits per heavy atom. The lowest BCUT2D eigenvalue weighted by Gasteiger charge is -2.30. The van der Waals surface area contributed by atoms with Gasteiger partial charge in [0, 0.05) is 19.1 Å². The zero-order valence-corrected chi connectivity index (χ0v) is 12.5. The van der Waals surface area contributed by atoms with E-state index in [4.69, 9.17) is 12.2 Å². The van der Waals surface area contributed by atoms with Gasteiger partial charge in [-0.25, -0.2) is 8.42 Å². The summed E-state index contributed by atoms with van der Waals surface area (Å²) in [5.74, 6) is 0.511. The van der Waals surface area contributed by atoms with Gasteiger partial charge in [0.2, 0.25) is 0 Å². The summed E-state index contributed by atoms with van der Waals surface area (Å²) >= 11 is 5.34. The molecule has 1 aliphatic heterocycles. The number of nitrogens with zero attached hydrogens (tertiary/aromatic N) is 1. The average molecular weight is 290 g/mol. The minimum absolute atomic E-state index is 0.0337. The number of unbranched alkanes of at least 4 members (excludes halogenated alkanes) is 1. The Bertz CT molecular complexity index is 393. The van der Waals surface area contributed by atoms with E-state index in [0.29, 0.717) is 18.1 Å². The molecule has 1 fully saturated rings. The number of thiocarbonyl (C=S) groups is 1. The molecule has 0 amide bonds. The Morgan fingerprint density at radius 2 is 2.33 bits per heavy atom. The highest BCUT2D eigenvalue weighted by molar-refractivity contribution is 7.91. The summed E-state index contributed by atoms with van der Waals surface area (Å²) in [4.78, 5) is 2.03. The largest absolute Gasteiger partial charge is 0.359 e. The third kappa shape index (κ3) is 4.57. The van der Waals surface area contributed by atoms with Crippen molar-refractivity contribution in [1.29, 1.82) is 0 Å². The van der Waals surface area contributed by atoms with Gasteiger partial charge in [0.25, 0.3) is 0 Å². The van der Waals surface area contributed by atoms with E-state index in [1.54, 1.807) is 6.08 Å². The minimum atomic E-state index is -2.87. The van der Waals surface area contributed by atoms with Gasteiger partial charge < -0.3 is 10.2 Å². The first-order valence-corrected chi connectivity index (χ1v) is 8.59. The van der Waals surface area contributed by atoms with Crippen molar-refractivity contribution in [3.63, 3.8) is 0 Å². The molecule has 0 saturated carbocycles. The normalized spacial score (nSPS) is 21.5. The van der Waals surface area contributed by atoms with Gasteiger partial charge in [0.15, 0.2) is 14.9 Å². The molecule has 1 atom stereocenters. The predicted molar refractivity (Wildman–Crippen MR) is 79.5 cm³/mol. The Morgan fingerprint density at radius 3 is 2.83 bits per heavy atom. The van der Waals surface area contributed by atoms with E-state index < -0.39 is 9.84 Å². The van der Waals surface area contributed by atoms with Gasteiger partial charge in [0.05, 0.1) is 11.5 Å². The summed E-state index contributed by atoms with van der Waals surface area (Å²) in [6, 6.07) is 0.0337. The van der Waals surface area contributed by atoms with Gasteiger partial charge in [-0.05, 0) is 25.1 Å². The lowest BCUT2D eigenvalue weighted by molar-refractivity contribution is 0.325. The molecule has 0 spiro atoms. The zero-order chi connectivity index (χ0) is 13.6. The van der Waals surface area contributed by atoms with Crippen LogP contribution in [0.2, 0.25) is 0 Å². The smallest absolute Gasteiger partial charge is 0.169 e. The van der Waals surface area contributed by atoms with E-state index in [1.807, 2.05) is 4.90 Å². The molecule has 104 valence electrons. The number of hydrogen-bond acceptors (Lipinski definition) is 3. The molecule has 18 heavy (non-hydrogen) atoms. The van der Waals surface area contributed by atoms with Crippen molar-refractivity contribution in [1.82, 2.24) is 10.2 Å². The first-order valence-electron chi connectivity index (χ1n) is 6.36. The maximum Gasteiger partial charge on any atom is 0.169 e. The Kier molecular flexibility index (Phi) is 6.08. The highest BCUT2D eigenvalue weighted by atomic mass is 32.2. The number of rotatable bonds is 6. The van der Waals surface area contributed by atoms with Gasteiger partial charge in [-0.3, -0.25) is 0 Å². The molecular weight excluding hydrogens is 268 g/mol. The van der Waals surface area contributed by atoms with Crippen molar-refractivity contribution < 1.29 is 8.42 Å². The van der Waals surface area contributed by atoms with Crippen molar-refractivity contribution >= 4 is 27.2 Å². The van der Waals surface area contributed by atoms with Crippen molar-refractivity contribution in [3.8, 4) is 0 Å². The fourth-order valence-electron chi connectivity index (χ4n) is 2.06. The van der Waals surface area contributed by atoms with Crippen LogP contribution < -0.4 is 5.32 Å². The molecule has 1 N–H and O–H groups in total. The fraction of sp³-hybridized carbons (Fsp3) is 0.750. The second-order valence-corrected chi connectivity index (χ2v) is 7.19. The molecule has 0 bridgehead atoms. The molecule has 1 heterocycles. The zero-order valence-electron chi connectivity index (χ0n) is 10.9. The summed E-state index contributed by atoms with van der Waals surface area (Å²) in [7, 11) is -2.87. The van der Waals surface area contributed by atoms with Crippen LogP contribution in [0.5, 0.6) is 0 Å². The lowest BCUT2D eigenvalue weighted by atomic mass is 10.2. The molecule has 0 aromatic carbocycles. The summed E-state index contributed by atoms with van der Waals surface area (Å²) in [5.41, 5.74) is 0. The number of hydrogen-bond donors (Lipinski definition) is 1. The first-order chi connectivity index (χ1) is 8.50. The molecule has 1 unspecified atom stereocenters. The fourth-order valence-corrected chi connectivity index (χ4v) is 4.12. The molecule has 0 radical (unpaired) electrons. The maximum absolute atomic E-state index is 11.5. The van der Waals surface area contributed by atoms with E-state index in [1.165, 1.54) is 0 Å². The van der Waals surface area contributed by atoms with Gasteiger partial charge in [-0.15, -0.1) is 6.58 Å². The highest BCUT2D eigenvalue weighted by Crippen LogP contribution is 2.18. The lowest BCUT2D eigenvalue weighted by Crippen LogP contribution is -2.47. The molecule has 0 aromatic heterocycles. The first kappa shape index (κ1) is 15.4. The Labute approximate surface area is 115 Å². The Balaban J connectivity index is 2.65. The van der Waals surface area contributed by atoms with Crippen LogP contribution in [0, 0.1) is 0 Å². The number of nitrogens with one attached hydrogen (secondary N) is 1. The van der Waals surface area contributed by atoms with E-state index in [9.17, 15) is 8.42 Å². The molecule has 1 saturated heterocycles. The molecule has 1 rings (SSSR count). The summed E-state index contributed by atoms with van der Waals surface area (Å²) in [5, 5.41) is 3.73. The molecule has 0 aromatic rings. The quantitative estimate of drug-likeness (QED) is 0.591. The second-order valence-electron chi connectivity index (χ2n) is 4.58. The van der Waals surface area contributed by atoms with E-state index in [-0.39, 0.29) is 17.5 Å². The average Bonchev–Trinajstić information content (AvgIpc) is 2.67. The maximum atomic E-state index is 11.5. The van der Waals surface area contributed by atoms with Gasteiger partial charge in [-0.1, -0.05) is 19.4 Å². The van der Waals surface area contributed by atoms with Crippen molar-refractivity contribution in [2.75, 3.05) is 24.6 Å². The highest BCUT2D eigenvalue weighted by Gasteiger charge is 2.32. The van der Waals surface area contributed by atoms with Gasteiger partial charge in [-0.2, -0.15) is 0 Å². The second kappa shape index (κ2) is 7.09. The van der Waals surface area contributed by atoms with Crippen LogP contribution >= 0.6 is 12.2 Å². The molecule has 1 aliphatic rings. The van der Waals surface area contributed by atoms with Crippen LogP contribution in [0.25, 0.3) is 0 Å². The summed E-state index contributed by atoms with van der Waals surface area (Å²) in [6.45, 7) is 7.18. The van der Waals surface area contributed by atoms with Crippen LogP contribution in [0.4, 0.5) is 0 Å². The van der Waals surface area contributed by atoms with Gasteiger partial charge >= 0.3 is 0 Å².